The third-order valence-corrected chi connectivity index (χ3v) is 6.31. The Morgan fingerprint density at radius 2 is 2.30 bits per heavy atom. The zero-order valence-corrected chi connectivity index (χ0v) is 11.5. The number of hydrogen-bond acceptors (Lipinski definition) is 4. The molecule has 1 saturated heterocycles. The van der Waals surface area contributed by atoms with Gasteiger partial charge in [-0.1, -0.05) is 6.08 Å². The van der Waals surface area contributed by atoms with Gasteiger partial charge in [0.05, 0.1) is 9.73 Å². The van der Waals surface area contributed by atoms with Crippen LogP contribution in [0.4, 0.5) is 13.2 Å². The lowest BCUT2D eigenvalue weighted by molar-refractivity contribution is -0.0928. The lowest BCUT2D eigenvalue weighted by Crippen LogP contribution is -2.22. The summed E-state index contributed by atoms with van der Waals surface area (Å²) >= 11 is 0. The first-order valence-corrected chi connectivity index (χ1v) is 8.03. The lowest BCUT2D eigenvalue weighted by atomic mass is 9.96. The van der Waals surface area contributed by atoms with Crippen molar-refractivity contribution in [3.63, 3.8) is 0 Å². The van der Waals surface area contributed by atoms with Crippen LogP contribution in [0.2, 0.25) is 0 Å². The second-order valence-corrected chi connectivity index (χ2v) is 7.58. The summed E-state index contributed by atoms with van der Waals surface area (Å²) in [7, 11) is -2.53. The highest BCUT2D eigenvalue weighted by atomic mass is 32.2. The van der Waals surface area contributed by atoms with Crippen molar-refractivity contribution in [3.05, 3.63) is 11.8 Å². The fourth-order valence-electron chi connectivity index (χ4n) is 2.57. The van der Waals surface area contributed by atoms with Crippen LogP contribution < -0.4 is 0 Å². The van der Waals surface area contributed by atoms with E-state index in [-0.39, 0.29) is 17.6 Å². The predicted octanol–water partition coefficient (Wildman–Crippen LogP) is 3.02. The van der Waals surface area contributed by atoms with E-state index in [1.54, 1.807) is 6.19 Å². The standard InChI is InChI=1S/C12H14F3N3OS/c13-12(14,15)11-4-3-9(7-17-11)6-10-2-1-5-20(10,19)18-8-16/h4,7,9-10H,1-3,5-6H2. The molecule has 20 heavy (non-hydrogen) atoms. The van der Waals surface area contributed by atoms with Gasteiger partial charge in [0.15, 0.2) is 0 Å². The lowest BCUT2D eigenvalue weighted by Gasteiger charge is -2.20. The molecule has 3 unspecified atom stereocenters. The number of halogens is 3. The second-order valence-electron chi connectivity index (χ2n) is 4.95. The summed E-state index contributed by atoms with van der Waals surface area (Å²) in [5.41, 5.74) is -0.873. The molecule has 4 nitrogen and oxygen atoms in total. The van der Waals surface area contributed by atoms with Crippen molar-refractivity contribution in [1.29, 1.82) is 5.26 Å². The van der Waals surface area contributed by atoms with E-state index in [0.717, 1.165) is 12.5 Å². The Hall–Kier alpha value is -1.36. The molecule has 0 N–H and O–H groups in total. The Morgan fingerprint density at radius 3 is 2.85 bits per heavy atom. The normalized spacial score (nSPS) is 33.6. The summed E-state index contributed by atoms with van der Waals surface area (Å²) < 4.78 is 53.2. The topological polar surface area (TPSA) is 65.6 Å². The predicted molar refractivity (Wildman–Crippen MR) is 69.4 cm³/mol. The van der Waals surface area contributed by atoms with Gasteiger partial charge < -0.3 is 0 Å². The molecule has 8 heteroatoms. The molecule has 2 aliphatic heterocycles. The molecule has 0 aromatic rings. The Balaban J connectivity index is 2.03. The molecule has 0 aromatic carbocycles. The van der Waals surface area contributed by atoms with Crippen LogP contribution in [0.15, 0.2) is 21.1 Å². The Morgan fingerprint density at radius 1 is 1.55 bits per heavy atom. The molecule has 0 aliphatic carbocycles. The molecule has 2 rings (SSSR count). The van der Waals surface area contributed by atoms with E-state index >= 15 is 0 Å². The van der Waals surface area contributed by atoms with Crippen molar-refractivity contribution in [2.75, 3.05) is 5.75 Å². The summed E-state index contributed by atoms with van der Waals surface area (Å²) in [6, 6.07) is 0. The van der Waals surface area contributed by atoms with E-state index in [1.165, 1.54) is 6.21 Å². The number of rotatable bonds is 2. The Labute approximate surface area is 115 Å². The van der Waals surface area contributed by atoms with Crippen LogP contribution in [0.25, 0.3) is 0 Å². The van der Waals surface area contributed by atoms with Crippen molar-refractivity contribution in [1.82, 2.24) is 0 Å². The Bertz CT molecular complexity index is 594. The van der Waals surface area contributed by atoms with Gasteiger partial charge in [0.1, 0.15) is 5.70 Å². The molecule has 2 heterocycles. The largest absolute Gasteiger partial charge is 0.432 e. The van der Waals surface area contributed by atoms with Gasteiger partial charge in [-0.2, -0.15) is 18.4 Å². The molecule has 110 valence electrons. The molecule has 0 aromatic heterocycles. The van der Waals surface area contributed by atoms with Crippen molar-refractivity contribution in [3.8, 4) is 6.19 Å². The fourth-order valence-corrected chi connectivity index (χ4v) is 4.95. The van der Waals surface area contributed by atoms with Gasteiger partial charge in [-0.25, -0.2) is 4.21 Å². The molecular formula is C12H14F3N3OS. The van der Waals surface area contributed by atoms with Crippen LogP contribution in [0.5, 0.6) is 0 Å². The number of allylic oxidation sites excluding steroid dienone is 2. The summed E-state index contributed by atoms with van der Waals surface area (Å²) in [6.07, 6.45) is 1.68. The van der Waals surface area contributed by atoms with Gasteiger partial charge in [0, 0.05) is 17.2 Å². The number of alkyl halides is 3. The average Bonchev–Trinajstić information content (AvgIpc) is 2.71. The smallest absolute Gasteiger partial charge is 0.256 e. The first-order valence-electron chi connectivity index (χ1n) is 6.28. The zero-order chi connectivity index (χ0) is 14.8. The molecule has 0 radical (unpaired) electrons. The van der Waals surface area contributed by atoms with Gasteiger partial charge in [-0.3, -0.25) is 4.99 Å². The molecular weight excluding hydrogens is 291 g/mol. The van der Waals surface area contributed by atoms with Gasteiger partial charge in [0.25, 0.3) is 0 Å². The second kappa shape index (κ2) is 5.56. The van der Waals surface area contributed by atoms with Crippen LogP contribution in [-0.4, -0.2) is 27.6 Å². The van der Waals surface area contributed by atoms with Gasteiger partial charge in [-0.15, -0.1) is 4.36 Å². The van der Waals surface area contributed by atoms with E-state index in [4.69, 9.17) is 5.26 Å². The molecule has 0 amide bonds. The molecule has 0 saturated carbocycles. The minimum atomic E-state index is -4.42. The number of aliphatic imine (C=N–C) groups is 1. The van der Waals surface area contributed by atoms with Crippen molar-refractivity contribution in [2.45, 2.75) is 37.1 Å². The summed E-state index contributed by atoms with van der Waals surface area (Å²) in [6.45, 7) is 0. The third kappa shape index (κ3) is 3.20. The first kappa shape index (κ1) is 15.0. The van der Waals surface area contributed by atoms with Crippen molar-refractivity contribution in [2.24, 2.45) is 15.3 Å². The van der Waals surface area contributed by atoms with Crippen LogP contribution in [0.1, 0.15) is 25.7 Å². The maximum Gasteiger partial charge on any atom is 0.432 e. The van der Waals surface area contributed by atoms with Crippen LogP contribution in [0, 0.1) is 17.4 Å². The molecule has 2 aliphatic rings. The van der Waals surface area contributed by atoms with E-state index < -0.39 is 21.6 Å². The maximum atomic E-state index is 12.4. The first-order chi connectivity index (χ1) is 9.35. The molecule has 0 spiro atoms. The quantitative estimate of drug-likeness (QED) is 0.736. The number of nitriles is 1. The molecule has 1 fully saturated rings. The van der Waals surface area contributed by atoms with Crippen molar-refractivity contribution < 1.29 is 17.4 Å². The SMILES string of the molecule is N#CN=S1(=O)CCCC1CC1C=NC(C(F)(F)F)=CC1. The summed E-state index contributed by atoms with van der Waals surface area (Å²) in [5, 5.41) is 8.36. The van der Waals surface area contributed by atoms with E-state index in [9.17, 15) is 17.4 Å². The van der Waals surface area contributed by atoms with Crippen LogP contribution in [-0.2, 0) is 9.73 Å². The average molecular weight is 305 g/mol. The third-order valence-electron chi connectivity index (χ3n) is 3.57. The van der Waals surface area contributed by atoms with Crippen LogP contribution in [0.3, 0.4) is 0 Å². The number of hydrogen-bond donors (Lipinski definition) is 0. The highest BCUT2D eigenvalue weighted by molar-refractivity contribution is 7.94. The fraction of sp³-hybridized carbons (Fsp3) is 0.667. The van der Waals surface area contributed by atoms with Gasteiger partial charge >= 0.3 is 6.18 Å². The van der Waals surface area contributed by atoms with E-state index in [2.05, 4.69) is 9.36 Å². The molecule has 3 atom stereocenters. The highest BCUT2D eigenvalue weighted by Gasteiger charge is 2.36. The number of nitrogens with zero attached hydrogens (tertiary/aromatic N) is 3. The minimum absolute atomic E-state index is 0.168. The van der Waals surface area contributed by atoms with Gasteiger partial charge in [0.2, 0.25) is 6.19 Å². The van der Waals surface area contributed by atoms with Crippen molar-refractivity contribution >= 4 is 15.9 Å². The van der Waals surface area contributed by atoms with E-state index in [1.807, 2.05) is 0 Å². The summed E-state index contributed by atoms with van der Waals surface area (Å²) in [4.78, 5) is 3.44. The molecule has 0 bridgehead atoms. The highest BCUT2D eigenvalue weighted by Crippen LogP contribution is 2.33. The summed E-state index contributed by atoms with van der Waals surface area (Å²) in [5.74, 6) is 0.234. The Kier molecular flexibility index (Phi) is 4.18. The minimum Gasteiger partial charge on any atom is -0.256 e. The van der Waals surface area contributed by atoms with Crippen LogP contribution >= 0.6 is 0 Å². The zero-order valence-electron chi connectivity index (χ0n) is 10.6. The maximum absolute atomic E-state index is 12.4. The van der Waals surface area contributed by atoms with Gasteiger partial charge in [-0.05, 0) is 31.6 Å². The monoisotopic (exact) mass is 305 g/mol. The van der Waals surface area contributed by atoms with E-state index in [0.29, 0.717) is 18.6 Å².